The van der Waals surface area contributed by atoms with Crippen molar-refractivity contribution in [2.24, 2.45) is 5.41 Å². The molecule has 3 atom stereocenters. The minimum absolute atomic E-state index is 0.0943. The Bertz CT molecular complexity index is 891. The van der Waals surface area contributed by atoms with E-state index in [1.807, 2.05) is 37.3 Å². The van der Waals surface area contributed by atoms with E-state index in [-0.39, 0.29) is 11.5 Å². The van der Waals surface area contributed by atoms with Crippen molar-refractivity contribution in [3.8, 4) is 6.07 Å². The van der Waals surface area contributed by atoms with Crippen molar-refractivity contribution in [2.45, 2.75) is 23.0 Å². The van der Waals surface area contributed by atoms with Crippen LogP contribution in [0.3, 0.4) is 0 Å². The summed E-state index contributed by atoms with van der Waals surface area (Å²) < 4.78 is 31.8. The van der Waals surface area contributed by atoms with Crippen LogP contribution in [0.5, 0.6) is 0 Å². The van der Waals surface area contributed by atoms with Crippen LogP contribution >= 0.6 is 11.6 Å². The molecule has 4 nitrogen and oxygen atoms in total. The van der Waals surface area contributed by atoms with Gasteiger partial charge in [0.1, 0.15) is 5.41 Å². The van der Waals surface area contributed by atoms with Crippen molar-refractivity contribution in [3.05, 3.63) is 65.2 Å². The molecule has 1 fully saturated rings. The smallest absolute Gasteiger partial charge is 0.183 e. The van der Waals surface area contributed by atoms with Crippen molar-refractivity contribution in [3.63, 3.8) is 0 Å². The molecule has 0 saturated heterocycles. The molecule has 1 aliphatic carbocycles. The molecular weight excluding hydrogens is 358 g/mol. The Morgan fingerprint density at radius 2 is 1.80 bits per heavy atom. The number of nitrogens with zero attached hydrogens (tertiary/aromatic N) is 1. The highest BCUT2D eigenvalue weighted by molar-refractivity contribution is 7.92. The van der Waals surface area contributed by atoms with E-state index in [1.54, 1.807) is 12.1 Å². The van der Waals surface area contributed by atoms with Crippen LogP contribution in [-0.4, -0.2) is 26.9 Å². The van der Waals surface area contributed by atoms with E-state index >= 15 is 0 Å². The molecule has 0 bridgehead atoms. The van der Waals surface area contributed by atoms with E-state index in [2.05, 4.69) is 6.07 Å². The van der Waals surface area contributed by atoms with Crippen molar-refractivity contribution in [1.82, 2.24) is 0 Å². The summed E-state index contributed by atoms with van der Waals surface area (Å²) >= 11 is 5.87. The zero-order valence-corrected chi connectivity index (χ0v) is 15.3. The highest BCUT2D eigenvalue weighted by atomic mass is 35.5. The maximum Gasteiger partial charge on any atom is 0.183 e. The summed E-state index contributed by atoms with van der Waals surface area (Å²) in [7, 11) is -3.69. The Morgan fingerprint density at radius 1 is 1.16 bits per heavy atom. The Morgan fingerprint density at radius 3 is 2.36 bits per heavy atom. The molecule has 25 heavy (non-hydrogen) atoms. The molecular formula is C19H18ClNO3S. The summed E-state index contributed by atoms with van der Waals surface area (Å²) in [6, 6.07) is 17.6. The fourth-order valence-electron chi connectivity index (χ4n) is 3.37. The van der Waals surface area contributed by atoms with Gasteiger partial charge in [0.25, 0.3) is 0 Å². The first-order valence-corrected chi connectivity index (χ1v) is 9.93. The number of hydrogen-bond donors (Lipinski definition) is 0. The van der Waals surface area contributed by atoms with Gasteiger partial charge in [-0.05, 0) is 36.8 Å². The van der Waals surface area contributed by atoms with Crippen LogP contribution in [0.1, 0.15) is 18.4 Å². The SMILES string of the molecule is CCOC[C@@]1(C#N)[C@H](S(=O)(=O)c2ccc(Cl)cc2)[C@@H]1c1ccccc1. The van der Waals surface area contributed by atoms with Crippen LogP contribution in [0.15, 0.2) is 59.5 Å². The summed E-state index contributed by atoms with van der Waals surface area (Å²) in [6.07, 6.45) is 0. The molecule has 0 aromatic heterocycles. The van der Waals surface area contributed by atoms with Gasteiger partial charge in [-0.25, -0.2) is 8.42 Å². The van der Waals surface area contributed by atoms with Gasteiger partial charge in [-0.1, -0.05) is 41.9 Å². The standard InChI is InChI=1S/C19H18ClNO3S/c1-2-24-13-19(12-21)17(14-6-4-3-5-7-14)18(19)25(22,23)16-10-8-15(20)9-11-16/h3-11,17-18H,2,13H2,1H3/t17-,18+,19+/m0/s1. The normalized spacial score (nSPS) is 25.3. The lowest BCUT2D eigenvalue weighted by Gasteiger charge is -2.09. The summed E-state index contributed by atoms with van der Waals surface area (Å²) in [5, 5.41) is 9.46. The first kappa shape index (κ1) is 17.9. The number of hydrogen-bond acceptors (Lipinski definition) is 4. The van der Waals surface area contributed by atoms with Crippen LogP contribution in [0.4, 0.5) is 0 Å². The fourth-order valence-corrected chi connectivity index (χ4v) is 5.81. The Kier molecular flexibility index (Phi) is 4.88. The zero-order valence-electron chi connectivity index (χ0n) is 13.7. The molecule has 2 aromatic rings. The molecule has 130 valence electrons. The van der Waals surface area contributed by atoms with Gasteiger partial charge >= 0.3 is 0 Å². The van der Waals surface area contributed by atoms with E-state index in [0.29, 0.717) is 11.6 Å². The van der Waals surface area contributed by atoms with Gasteiger partial charge in [-0.15, -0.1) is 0 Å². The second-order valence-corrected chi connectivity index (χ2v) is 8.60. The largest absolute Gasteiger partial charge is 0.380 e. The third-order valence-corrected chi connectivity index (χ3v) is 7.19. The first-order valence-electron chi connectivity index (χ1n) is 8.01. The molecule has 0 aliphatic heterocycles. The van der Waals surface area contributed by atoms with Crippen molar-refractivity contribution in [1.29, 1.82) is 5.26 Å². The number of benzene rings is 2. The van der Waals surface area contributed by atoms with Crippen molar-refractivity contribution >= 4 is 21.4 Å². The van der Waals surface area contributed by atoms with Crippen molar-refractivity contribution < 1.29 is 13.2 Å². The predicted molar refractivity (Wildman–Crippen MR) is 96.1 cm³/mol. The van der Waals surface area contributed by atoms with Gasteiger partial charge in [0.2, 0.25) is 0 Å². The Balaban J connectivity index is 2.05. The molecule has 0 unspecified atom stereocenters. The topological polar surface area (TPSA) is 67.2 Å². The third kappa shape index (κ3) is 3.06. The van der Waals surface area contributed by atoms with Gasteiger partial charge in [0.15, 0.2) is 9.84 Å². The summed E-state index contributed by atoms with van der Waals surface area (Å²) in [5.41, 5.74) is -0.234. The molecule has 0 amide bonds. The van der Waals surface area contributed by atoms with E-state index in [9.17, 15) is 13.7 Å². The van der Waals surface area contributed by atoms with Gasteiger partial charge in [-0.3, -0.25) is 0 Å². The average molecular weight is 376 g/mol. The van der Waals surface area contributed by atoms with E-state index < -0.39 is 26.4 Å². The second kappa shape index (κ2) is 6.80. The monoisotopic (exact) mass is 375 g/mol. The first-order chi connectivity index (χ1) is 12.0. The predicted octanol–water partition coefficient (Wildman–Crippen LogP) is 3.83. The lowest BCUT2D eigenvalue weighted by molar-refractivity contribution is 0.117. The summed E-state index contributed by atoms with van der Waals surface area (Å²) in [5.74, 6) is -0.411. The number of ether oxygens (including phenoxy) is 1. The van der Waals surface area contributed by atoms with Crippen LogP contribution in [0.2, 0.25) is 5.02 Å². The maximum atomic E-state index is 13.2. The Hall–Kier alpha value is -1.87. The number of halogens is 1. The quantitative estimate of drug-likeness (QED) is 0.769. The minimum Gasteiger partial charge on any atom is -0.380 e. The average Bonchev–Trinajstić information content (AvgIpc) is 3.31. The number of sulfone groups is 1. The maximum absolute atomic E-state index is 13.2. The molecule has 1 saturated carbocycles. The lowest BCUT2D eigenvalue weighted by atomic mass is 10.0. The third-order valence-electron chi connectivity index (χ3n) is 4.64. The molecule has 0 N–H and O–H groups in total. The second-order valence-electron chi connectivity index (χ2n) is 6.10. The van der Waals surface area contributed by atoms with Crippen LogP contribution < -0.4 is 0 Å². The lowest BCUT2D eigenvalue weighted by Crippen LogP contribution is -2.19. The Labute approximate surface area is 152 Å². The molecule has 0 heterocycles. The molecule has 6 heteroatoms. The highest BCUT2D eigenvalue weighted by Crippen LogP contribution is 2.63. The molecule has 3 rings (SSSR count). The molecule has 0 spiro atoms. The van der Waals surface area contributed by atoms with E-state index in [1.165, 1.54) is 12.1 Å². The van der Waals surface area contributed by atoms with E-state index in [0.717, 1.165) is 5.56 Å². The summed E-state index contributed by atoms with van der Waals surface area (Å²) in [6.45, 7) is 2.35. The number of nitriles is 1. The molecule has 1 aliphatic rings. The molecule has 0 radical (unpaired) electrons. The molecule has 2 aromatic carbocycles. The van der Waals surface area contributed by atoms with Gasteiger partial charge in [-0.2, -0.15) is 5.26 Å². The van der Waals surface area contributed by atoms with Gasteiger partial charge in [0.05, 0.1) is 22.8 Å². The van der Waals surface area contributed by atoms with Crippen LogP contribution in [0.25, 0.3) is 0 Å². The zero-order chi connectivity index (χ0) is 18.1. The van der Waals surface area contributed by atoms with Crippen LogP contribution in [0, 0.1) is 16.7 Å². The minimum atomic E-state index is -3.69. The summed E-state index contributed by atoms with van der Waals surface area (Å²) in [4.78, 5) is 0.177. The van der Waals surface area contributed by atoms with Gasteiger partial charge < -0.3 is 4.74 Å². The van der Waals surface area contributed by atoms with Crippen molar-refractivity contribution in [2.75, 3.05) is 13.2 Å². The highest BCUT2D eigenvalue weighted by Gasteiger charge is 2.72. The van der Waals surface area contributed by atoms with Gasteiger partial charge in [0, 0.05) is 17.5 Å². The van der Waals surface area contributed by atoms with Crippen LogP contribution in [-0.2, 0) is 14.6 Å². The van der Waals surface area contributed by atoms with E-state index in [4.69, 9.17) is 16.3 Å². The number of rotatable bonds is 6. The fraction of sp³-hybridized carbons (Fsp3) is 0.316.